The number of carboxylic acids is 2. The van der Waals surface area contributed by atoms with Crippen molar-refractivity contribution in [2.45, 2.75) is 154 Å². The second kappa shape index (κ2) is 46.5. The second-order valence-electron chi connectivity index (χ2n) is 25.7. The number of aliphatic carboxylic acids is 2. The van der Waals surface area contributed by atoms with E-state index in [0.717, 1.165) is 36.2 Å². The Balaban J connectivity index is 0.000000245. The monoisotopic (exact) mass is 1690 g/mol. The van der Waals surface area contributed by atoms with Crippen molar-refractivity contribution < 1.29 is 73.0 Å². The molecule has 2 aliphatic carbocycles. The molecule has 46 nitrogen and oxygen atoms in total. The van der Waals surface area contributed by atoms with Crippen LogP contribution in [0.4, 0.5) is 29.2 Å². The first-order valence-electron chi connectivity index (χ1n) is 34.9. The average molecular weight is 1700 g/mol. The van der Waals surface area contributed by atoms with E-state index in [1.54, 1.807) is 70.6 Å². The molecule has 0 aromatic carbocycles. The lowest BCUT2D eigenvalue weighted by atomic mass is 10.1. The number of aryl methyl sites for hydroxylation is 2. The molecule has 12 heterocycles. The normalized spacial score (nSPS) is 19.7. The van der Waals surface area contributed by atoms with Crippen molar-refractivity contribution in [1.29, 1.82) is 0 Å². The fraction of sp³-hybridized carbons (Fsp3) is 0.515. The minimum absolute atomic E-state index is 0. The zero-order chi connectivity index (χ0) is 82.9. The molecule has 9 aromatic rings. The smallest absolute Gasteiger partial charge is 0.363 e. The molecule has 14 rings (SSSR count). The highest BCUT2D eigenvalue weighted by molar-refractivity contribution is 8.00. The summed E-state index contributed by atoms with van der Waals surface area (Å²) in [4.78, 5) is 124. The zero-order valence-corrected chi connectivity index (χ0v) is 64.8. The minimum atomic E-state index is -1.28. The van der Waals surface area contributed by atoms with Crippen molar-refractivity contribution in [1.82, 2.24) is 87.2 Å². The number of thioether (sulfide) groups is 1. The number of carboxylic acid groups (broad SMARTS) is 2. The number of nitrogens with two attached hydrogens (primary N) is 4. The second-order valence-corrected chi connectivity index (χ2v) is 30.0. The molecule has 49 heteroatoms. The van der Waals surface area contributed by atoms with Crippen LogP contribution in [-0.4, -0.2) is 231 Å². The van der Waals surface area contributed by atoms with Gasteiger partial charge < -0.3 is 96.3 Å². The Hall–Kier alpha value is -11.2. The molecule has 12 atom stereocenters. The van der Waals surface area contributed by atoms with E-state index in [9.17, 15) is 47.8 Å². The third kappa shape index (κ3) is 28.0. The summed E-state index contributed by atoms with van der Waals surface area (Å²) < 4.78 is 58.2. The number of H-pyrrole nitrogens is 2. The van der Waals surface area contributed by atoms with E-state index >= 15 is 0 Å². The number of carbonyl (C=O) groups is 2. The summed E-state index contributed by atoms with van der Waals surface area (Å²) >= 11 is 1.39. The van der Waals surface area contributed by atoms with Gasteiger partial charge in [0.25, 0.3) is 11.1 Å². The van der Waals surface area contributed by atoms with E-state index in [1.807, 2.05) is 26.7 Å². The number of aliphatic hydroxyl groups excluding tert-OH is 4. The average Bonchev–Trinajstić information content (AvgIpc) is 1.81. The number of nitrogens with one attached hydrogen (secondary N) is 3. The quantitative estimate of drug-likeness (QED) is 0.0103. The molecule has 0 bridgehead atoms. The Labute approximate surface area is 673 Å². The van der Waals surface area contributed by atoms with Crippen LogP contribution in [0.15, 0.2) is 110 Å². The van der Waals surface area contributed by atoms with Crippen LogP contribution < -0.4 is 56.4 Å². The highest BCUT2D eigenvalue weighted by Gasteiger charge is 2.36. The minimum Gasteiger partial charge on any atom is -0.481 e. The van der Waals surface area contributed by atoms with Gasteiger partial charge in [0.2, 0.25) is 18.6 Å². The summed E-state index contributed by atoms with van der Waals surface area (Å²) in [5.41, 5.74) is 33.2. The van der Waals surface area contributed by atoms with Crippen LogP contribution in [0.25, 0.3) is 43.9 Å². The van der Waals surface area contributed by atoms with Gasteiger partial charge in [-0.3, -0.25) is 42.8 Å². The molecule has 8 unspecified atom stereocenters. The lowest BCUT2D eigenvalue weighted by Crippen LogP contribution is -2.33. The van der Waals surface area contributed by atoms with Gasteiger partial charge in [0.15, 0.2) is 46.1 Å². The topological polar surface area (TPSA) is 676 Å². The number of ether oxygens (including phenoxy) is 5. The molecule has 5 aliphatic rings. The molecule has 3 fully saturated rings. The standard InChI is InChI=1S/C14H18N6O.C10H13N5O4.C10H15N5O2P.C10H12N2O4.C9H13N5O2P.C8H11N3O3S.C4H6O4.3CH4/c15-14-18-12(17-9-2-3-9)11-13(19-14)20(7-16-11)10-4-1-8(5-10)6-21;1-5-3-15(10(18)12-9(5)17)8-2-6(13-14-11)7(4-16)19-8;1-7(17-6-18(2)16)3-15-5-14-8-9(11)12-4-13-10(8)15;1-6-4-12(10(15)11-9(6)14)8-3-2-7(5-13)16-8;1-17(15)6-16-3-2-14-5-13-7-8(10)11-4-12-9(7)14;9-5-1-2-11(8(13)10-5)6-4-14-7(3-12)15-6;5-3(6)1-2-4(7)8;;;/h1,4,7-10,21H,2-3,5-6H2,(H3,15,17,18,19);3,6-8,16H,2,4H2,1H3,(H,12,17,18);4-5,7H,3,6H2,1-2H3,(H2,11,12,13);2-4,7-8,13H,5H2,1H3,(H,11,14,15);4-5H,2-3,6H2,1H3,(H2,10,11,12);1-2,6-7,12H,3-4H2,(H2,9,10,13);1-2H2,(H,5,6)(H,7,8);3*1H4/q;;+1;;+1;;;;;/t8-,10+;;;7-,8+;;;;;;/m0..0....../s1. The molecular weight excluding hydrogens is 1590 g/mol. The molecule has 9 aromatic heterocycles. The number of allylic oxidation sites excluding steroid dienone is 1. The highest BCUT2D eigenvalue weighted by atomic mass is 32.2. The van der Waals surface area contributed by atoms with Crippen molar-refractivity contribution >= 4 is 102 Å². The van der Waals surface area contributed by atoms with E-state index in [1.165, 1.54) is 50.5 Å². The maximum atomic E-state index is 11.7. The molecule has 2 saturated heterocycles. The van der Waals surface area contributed by atoms with E-state index < -0.39 is 86.4 Å². The fourth-order valence-corrected chi connectivity index (χ4v) is 12.8. The number of azide groups is 1. The van der Waals surface area contributed by atoms with Crippen molar-refractivity contribution in [2.75, 3.05) is 93.9 Å². The van der Waals surface area contributed by atoms with Gasteiger partial charge >= 0.3 is 44.6 Å². The zero-order valence-electron chi connectivity index (χ0n) is 62.2. The predicted molar refractivity (Wildman–Crippen MR) is 434 cm³/mol. The largest absolute Gasteiger partial charge is 0.481 e. The number of anilines is 5. The van der Waals surface area contributed by atoms with Crippen LogP contribution in [0.1, 0.15) is 103 Å². The van der Waals surface area contributed by atoms with Gasteiger partial charge in [-0.2, -0.15) is 15.0 Å². The van der Waals surface area contributed by atoms with Gasteiger partial charge in [-0.25, -0.2) is 49.3 Å². The van der Waals surface area contributed by atoms with Gasteiger partial charge in [0, 0.05) is 66.2 Å². The van der Waals surface area contributed by atoms with Crippen LogP contribution in [0.3, 0.4) is 0 Å². The Morgan fingerprint density at radius 1 is 0.718 bits per heavy atom. The van der Waals surface area contributed by atoms with Gasteiger partial charge in [0.05, 0.1) is 95.7 Å². The summed E-state index contributed by atoms with van der Waals surface area (Å²) in [7, 11) is -2.53. The third-order valence-corrected chi connectivity index (χ3v) is 19.1. The fourth-order valence-electron chi connectivity index (χ4n) is 10.9. The van der Waals surface area contributed by atoms with Crippen molar-refractivity contribution in [3.05, 3.63) is 154 Å². The number of hydrogen-bond donors (Lipinski definition) is 13. The van der Waals surface area contributed by atoms with Gasteiger partial charge in [-0.15, -0.1) is 11.8 Å². The van der Waals surface area contributed by atoms with Crippen molar-refractivity contribution in [3.8, 4) is 0 Å². The summed E-state index contributed by atoms with van der Waals surface area (Å²) in [6.45, 7) is 10.1. The van der Waals surface area contributed by atoms with Crippen molar-refractivity contribution in [2.24, 2.45) is 11.0 Å². The first kappa shape index (κ1) is 96.4. The van der Waals surface area contributed by atoms with E-state index in [4.69, 9.17) is 77.7 Å². The molecule has 0 amide bonds. The van der Waals surface area contributed by atoms with Crippen molar-refractivity contribution in [3.63, 3.8) is 0 Å². The third-order valence-electron chi connectivity index (χ3n) is 16.7. The maximum Gasteiger partial charge on any atom is 0.363 e. The maximum absolute atomic E-state index is 11.7. The lowest BCUT2D eigenvalue weighted by Gasteiger charge is -2.14. The number of hydrogen-bond acceptors (Lipinski definition) is 35. The number of fused-ring (bicyclic) bond motifs is 3. The Morgan fingerprint density at radius 2 is 1.32 bits per heavy atom. The summed E-state index contributed by atoms with van der Waals surface area (Å²) in [6, 6.07) is 1.67. The lowest BCUT2D eigenvalue weighted by molar-refractivity contribution is -0.143. The number of imidazole rings is 3. The Kier molecular flexibility index (Phi) is 38.3. The molecule has 636 valence electrons. The molecule has 3 aliphatic heterocycles. The Bertz CT molecular complexity index is 5220. The predicted octanol–water partition coefficient (Wildman–Crippen LogP) is 3.51. The van der Waals surface area contributed by atoms with E-state index in [2.05, 4.69) is 81.2 Å². The summed E-state index contributed by atoms with van der Waals surface area (Å²) in [5, 5.41) is 58.7. The molecular formula is C68H100N26O20P2S+2. The summed E-state index contributed by atoms with van der Waals surface area (Å²) in [6.07, 6.45) is 20.8. The van der Waals surface area contributed by atoms with Gasteiger partial charge in [-0.05, 0) is 57.7 Å². The van der Waals surface area contributed by atoms with Crippen LogP contribution in [0.5, 0.6) is 0 Å². The summed E-state index contributed by atoms with van der Waals surface area (Å²) in [5.74, 6) is -0.0304. The number of aromatic nitrogens is 18. The van der Waals surface area contributed by atoms with Crippen LogP contribution >= 0.6 is 27.4 Å². The number of aromatic amines is 2. The molecule has 117 heavy (non-hydrogen) atoms. The van der Waals surface area contributed by atoms with Crippen LogP contribution in [0.2, 0.25) is 0 Å². The SMILES string of the molecule is C.C.C.CC(Cn1cnc2c(N)ncnc21)OC[P+](C)=O.C[P+](=O)COCCn1cnc2c(N)ncnc21.Cc1cn(C2CC(N=[N+]=[N-])C(CO)O2)c(=O)[nH]c1=O.Cc1cn([C@H]2C=C[C@@H](CO)O2)c(=O)[nH]c1=O.Nc1ccn(C2COC(CO)S2)c(=O)n1.Nc1nc(NC2CC2)c2ncn([C@@H]3C=C[C@H](CO)C3)c2n1.O=C(O)CCC(=O)O. The van der Waals surface area contributed by atoms with Crippen LogP contribution in [0, 0.1) is 19.8 Å². The highest BCUT2D eigenvalue weighted by Crippen LogP contribution is 2.36. The number of aliphatic hydroxyl groups is 4. The first-order chi connectivity index (χ1) is 54.5. The molecule has 0 radical (unpaired) electrons. The number of rotatable bonds is 24. The molecule has 17 N–H and O–H groups in total. The molecule has 1 saturated carbocycles. The number of nitrogen functional groups attached to an aromatic ring is 4. The van der Waals surface area contributed by atoms with E-state index in [0.29, 0.717) is 77.4 Å². The number of nitrogens with zero attached hydrogens (tertiary/aromatic N) is 19. The van der Waals surface area contributed by atoms with Gasteiger partial charge in [0.1, 0.15) is 66.0 Å². The van der Waals surface area contributed by atoms with Crippen LogP contribution in [-0.2, 0) is 55.5 Å². The molecule has 0 spiro atoms. The first-order valence-corrected chi connectivity index (χ1v) is 39.6. The van der Waals surface area contributed by atoms with Gasteiger partial charge in [-0.1, -0.05) is 54.8 Å². The van der Waals surface area contributed by atoms with E-state index in [-0.39, 0.29) is 121 Å². The Morgan fingerprint density at radius 3 is 1.87 bits per heavy atom.